The lowest BCUT2D eigenvalue weighted by molar-refractivity contribution is 0.0924. The number of nitrogens with zero attached hydrogens (tertiary/aromatic N) is 1. The van der Waals surface area contributed by atoms with Crippen LogP contribution in [0, 0.1) is 6.92 Å². The Hall–Kier alpha value is -3.54. The maximum absolute atomic E-state index is 12.6. The van der Waals surface area contributed by atoms with Gasteiger partial charge in [-0.15, -0.1) is 0 Å². The number of carbonyl (C=O) groups excluding carboxylic acids is 1. The fourth-order valence-electron chi connectivity index (χ4n) is 3.13. The summed E-state index contributed by atoms with van der Waals surface area (Å²) in [5.41, 5.74) is 3.22. The van der Waals surface area contributed by atoms with E-state index in [9.17, 15) is 4.79 Å². The molecule has 1 N–H and O–H groups in total. The summed E-state index contributed by atoms with van der Waals surface area (Å²) in [6.07, 6.45) is 0. The average molecular weight is 376 g/mol. The van der Waals surface area contributed by atoms with Crippen molar-refractivity contribution in [1.29, 1.82) is 0 Å². The third-order valence-electron chi connectivity index (χ3n) is 4.61. The summed E-state index contributed by atoms with van der Waals surface area (Å²) < 4.78 is 16.3. The van der Waals surface area contributed by atoms with Crippen LogP contribution in [0.4, 0.5) is 0 Å². The van der Waals surface area contributed by atoms with Crippen molar-refractivity contribution in [2.45, 2.75) is 13.5 Å². The van der Waals surface area contributed by atoms with E-state index >= 15 is 0 Å². The highest BCUT2D eigenvalue weighted by molar-refractivity contribution is 5.98. The molecule has 0 saturated carbocycles. The van der Waals surface area contributed by atoms with Crippen LogP contribution in [0.15, 0.2) is 52.9 Å². The zero-order valence-electron chi connectivity index (χ0n) is 15.9. The standard InChI is InChI=1S/C22H20N2O4/c1-13-4-5-14-9-15-11-20(28-22(15)24-18(14)8-13)21(25)23-12-16-10-17(26-2)6-7-19(16)27-3/h4-11H,12H2,1-3H3,(H,23,25). The van der Waals surface area contributed by atoms with Crippen molar-refractivity contribution in [3.05, 3.63) is 65.4 Å². The zero-order chi connectivity index (χ0) is 19.7. The Morgan fingerprint density at radius 1 is 1.04 bits per heavy atom. The van der Waals surface area contributed by atoms with Crippen LogP contribution in [0.2, 0.25) is 0 Å². The second kappa shape index (κ2) is 7.23. The molecule has 0 atom stereocenters. The van der Waals surface area contributed by atoms with Gasteiger partial charge < -0.3 is 19.2 Å². The summed E-state index contributed by atoms with van der Waals surface area (Å²) in [5.74, 6) is 1.27. The number of nitrogens with one attached hydrogen (secondary N) is 1. The SMILES string of the molecule is COc1ccc(OC)c(CNC(=O)c2cc3cc4ccc(C)cc4nc3o2)c1. The van der Waals surface area contributed by atoms with Crippen molar-refractivity contribution in [3.8, 4) is 11.5 Å². The van der Waals surface area contributed by atoms with E-state index in [0.717, 1.165) is 27.4 Å². The molecule has 0 unspecified atom stereocenters. The van der Waals surface area contributed by atoms with Gasteiger partial charge in [-0.1, -0.05) is 12.1 Å². The molecule has 4 rings (SSSR count). The molecular weight excluding hydrogens is 356 g/mol. The Kier molecular flexibility index (Phi) is 4.61. The van der Waals surface area contributed by atoms with Gasteiger partial charge in [0.15, 0.2) is 5.76 Å². The molecule has 1 amide bonds. The average Bonchev–Trinajstić information content (AvgIpc) is 3.12. The van der Waals surface area contributed by atoms with Gasteiger partial charge in [-0.05, 0) is 48.9 Å². The number of hydrogen-bond acceptors (Lipinski definition) is 5. The number of pyridine rings is 1. The van der Waals surface area contributed by atoms with Gasteiger partial charge in [0.05, 0.1) is 19.7 Å². The fourth-order valence-corrected chi connectivity index (χ4v) is 3.13. The monoisotopic (exact) mass is 376 g/mol. The minimum atomic E-state index is -0.317. The molecule has 2 aromatic heterocycles. The quantitative estimate of drug-likeness (QED) is 0.564. The second-order valence-corrected chi connectivity index (χ2v) is 6.55. The first kappa shape index (κ1) is 17.9. The van der Waals surface area contributed by atoms with Crippen molar-refractivity contribution in [2.75, 3.05) is 14.2 Å². The van der Waals surface area contributed by atoms with Crippen LogP contribution in [0.5, 0.6) is 11.5 Å². The number of carbonyl (C=O) groups is 1. The summed E-state index contributed by atoms with van der Waals surface area (Å²) >= 11 is 0. The molecule has 2 aromatic carbocycles. The van der Waals surface area contributed by atoms with Gasteiger partial charge in [0.2, 0.25) is 5.71 Å². The first-order chi connectivity index (χ1) is 13.6. The summed E-state index contributed by atoms with van der Waals surface area (Å²) in [6.45, 7) is 2.30. The first-order valence-corrected chi connectivity index (χ1v) is 8.87. The van der Waals surface area contributed by atoms with Crippen molar-refractivity contribution in [3.63, 3.8) is 0 Å². The number of rotatable bonds is 5. The van der Waals surface area contributed by atoms with E-state index in [-0.39, 0.29) is 18.2 Å². The molecule has 0 radical (unpaired) electrons. The second-order valence-electron chi connectivity index (χ2n) is 6.55. The molecule has 0 aliphatic carbocycles. The van der Waals surface area contributed by atoms with Gasteiger partial charge in [0, 0.05) is 22.9 Å². The Labute approximate surface area is 162 Å². The van der Waals surface area contributed by atoms with Crippen LogP contribution in [0.3, 0.4) is 0 Å². The highest BCUT2D eigenvalue weighted by atomic mass is 16.5. The normalized spacial score (nSPS) is 11.0. The molecule has 0 bridgehead atoms. The van der Waals surface area contributed by atoms with Crippen LogP contribution in [0.25, 0.3) is 22.0 Å². The molecule has 142 valence electrons. The predicted octanol–water partition coefficient (Wildman–Crippen LogP) is 4.24. The van der Waals surface area contributed by atoms with Gasteiger partial charge in [-0.25, -0.2) is 4.98 Å². The molecular formula is C22H20N2O4. The van der Waals surface area contributed by atoms with Gasteiger partial charge >= 0.3 is 0 Å². The van der Waals surface area contributed by atoms with E-state index in [0.29, 0.717) is 17.2 Å². The maximum Gasteiger partial charge on any atom is 0.287 e. The number of ether oxygens (including phenoxy) is 2. The Morgan fingerprint density at radius 3 is 2.68 bits per heavy atom. The van der Waals surface area contributed by atoms with E-state index < -0.39 is 0 Å². The van der Waals surface area contributed by atoms with Crippen molar-refractivity contribution in [1.82, 2.24) is 10.3 Å². The van der Waals surface area contributed by atoms with Gasteiger partial charge in [0.1, 0.15) is 11.5 Å². The van der Waals surface area contributed by atoms with Gasteiger partial charge in [-0.2, -0.15) is 0 Å². The topological polar surface area (TPSA) is 73.6 Å². The number of hydrogen-bond donors (Lipinski definition) is 1. The number of amides is 1. The number of aryl methyl sites for hydroxylation is 1. The molecule has 6 heteroatoms. The minimum Gasteiger partial charge on any atom is -0.497 e. The molecule has 0 spiro atoms. The molecule has 28 heavy (non-hydrogen) atoms. The number of fused-ring (bicyclic) bond motifs is 2. The lowest BCUT2D eigenvalue weighted by Crippen LogP contribution is -2.22. The third-order valence-corrected chi connectivity index (χ3v) is 4.61. The summed E-state index contributed by atoms with van der Waals surface area (Å²) in [6, 6.07) is 15.2. The molecule has 4 aromatic rings. The van der Waals surface area contributed by atoms with E-state index in [1.165, 1.54) is 0 Å². The number of aromatic nitrogens is 1. The van der Waals surface area contributed by atoms with E-state index in [1.807, 2.05) is 37.3 Å². The Balaban J connectivity index is 1.58. The number of furan rings is 1. The van der Waals surface area contributed by atoms with Crippen molar-refractivity contribution >= 4 is 27.9 Å². The Morgan fingerprint density at radius 2 is 1.89 bits per heavy atom. The number of methoxy groups -OCH3 is 2. The summed E-state index contributed by atoms with van der Waals surface area (Å²) in [7, 11) is 3.18. The van der Waals surface area contributed by atoms with Gasteiger partial charge in [0.25, 0.3) is 5.91 Å². The van der Waals surface area contributed by atoms with Crippen LogP contribution >= 0.6 is 0 Å². The zero-order valence-corrected chi connectivity index (χ0v) is 15.9. The Bertz CT molecular complexity index is 1180. The molecule has 0 aliphatic heterocycles. The summed E-state index contributed by atoms with van der Waals surface area (Å²) in [5, 5.41) is 4.66. The van der Waals surface area contributed by atoms with Crippen molar-refractivity contribution in [2.24, 2.45) is 0 Å². The minimum absolute atomic E-state index is 0.219. The third kappa shape index (κ3) is 3.36. The van der Waals surface area contributed by atoms with E-state index in [2.05, 4.69) is 10.3 Å². The van der Waals surface area contributed by atoms with Crippen molar-refractivity contribution < 1.29 is 18.7 Å². The number of benzene rings is 2. The highest BCUT2D eigenvalue weighted by Gasteiger charge is 2.15. The van der Waals surface area contributed by atoms with Crippen LogP contribution in [-0.2, 0) is 6.54 Å². The molecule has 0 fully saturated rings. The maximum atomic E-state index is 12.6. The molecule has 2 heterocycles. The molecule has 0 aliphatic rings. The lowest BCUT2D eigenvalue weighted by atomic mass is 10.1. The smallest absolute Gasteiger partial charge is 0.287 e. The lowest BCUT2D eigenvalue weighted by Gasteiger charge is -2.10. The predicted molar refractivity (Wildman–Crippen MR) is 107 cm³/mol. The highest BCUT2D eigenvalue weighted by Crippen LogP contribution is 2.25. The van der Waals surface area contributed by atoms with E-state index in [1.54, 1.807) is 32.4 Å². The van der Waals surface area contributed by atoms with Crippen LogP contribution in [-0.4, -0.2) is 25.1 Å². The van der Waals surface area contributed by atoms with Crippen LogP contribution in [0.1, 0.15) is 21.7 Å². The van der Waals surface area contributed by atoms with E-state index in [4.69, 9.17) is 13.9 Å². The molecule has 6 nitrogen and oxygen atoms in total. The molecule has 0 saturated heterocycles. The van der Waals surface area contributed by atoms with Gasteiger partial charge in [-0.3, -0.25) is 4.79 Å². The summed E-state index contributed by atoms with van der Waals surface area (Å²) in [4.78, 5) is 17.1. The largest absolute Gasteiger partial charge is 0.497 e. The van der Waals surface area contributed by atoms with Crippen LogP contribution < -0.4 is 14.8 Å². The fraction of sp³-hybridized carbons (Fsp3) is 0.182. The first-order valence-electron chi connectivity index (χ1n) is 8.87.